The number of rotatable bonds is 6. The van der Waals surface area contributed by atoms with Gasteiger partial charge in [-0.1, -0.05) is 0 Å². The van der Waals surface area contributed by atoms with Crippen LogP contribution < -0.4 is 10.2 Å². The van der Waals surface area contributed by atoms with Gasteiger partial charge in [0.05, 0.1) is 11.9 Å². The van der Waals surface area contributed by atoms with E-state index in [4.69, 9.17) is 0 Å². The SMILES string of the molecule is CC(=O)C(C(C)=O)C(=O)[O-].CC(=O)C(C(C)=O)C(=O)[O-].[Mn+2]. The van der Waals surface area contributed by atoms with Crippen LogP contribution in [-0.4, -0.2) is 35.1 Å². The minimum absolute atomic E-state index is 0. The smallest absolute Gasteiger partial charge is 0.549 e. The first-order valence-corrected chi connectivity index (χ1v) is 5.37. The number of carbonyl (C=O) groups is 6. The van der Waals surface area contributed by atoms with Crippen LogP contribution in [0, 0.1) is 11.8 Å². The second kappa shape index (κ2) is 10.9. The molecule has 0 saturated heterocycles. The monoisotopic (exact) mass is 341 g/mol. The fraction of sp³-hybridized carbons (Fsp3) is 0.500. The van der Waals surface area contributed by atoms with Crippen molar-refractivity contribution in [3.05, 3.63) is 0 Å². The van der Waals surface area contributed by atoms with Crippen molar-refractivity contribution >= 4 is 35.1 Å². The zero-order valence-corrected chi connectivity index (χ0v) is 13.0. The molecule has 0 N–H and O–H groups in total. The molecule has 0 aliphatic rings. The maximum Gasteiger partial charge on any atom is 2.00 e. The van der Waals surface area contributed by atoms with Gasteiger partial charge in [0.2, 0.25) is 0 Å². The Hall–Kier alpha value is -1.86. The zero-order chi connectivity index (χ0) is 16.6. The summed E-state index contributed by atoms with van der Waals surface area (Å²) in [6.45, 7) is 4.17. The molecule has 0 aromatic carbocycles. The molecule has 0 spiro atoms. The Labute approximate surface area is 131 Å². The molecule has 0 heterocycles. The van der Waals surface area contributed by atoms with E-state index < -0.39 is 46.9 Å². The molecule has 0 amide bonds. The fourth-order valence-electron chi connectivity index (χ4n) is 1.24. The third-order valence-corrected chi connectivity index (χ3v) is 2.10. The van der Waals surface area contributed by atoms with Gasteiger partial charge in [-0.25, -0.2) is 0 Å². The number of Topliss-reactive ketones (excluding diaryl/α,β-unsaturated/α-hetero) is 4. The molecular formula is C12H14MnO8. The molecule has 0 bridgehead atoms. The number of hydrogen-bond acceptors (Lipinski definition) is 8. The minimum atomic E-state index is -1.62. The third-order valence-electron chi connectivity index (χ3n) is 2.10. The van der Waals surface area contributed by atoms with E-state index in [9.17, 15) is 39.0 Å². The van der Waals surface area contributed by atoms with Crippen molar-refractivity contribution in [2.24, 2.45) is 11.8 Å². The predicted octanol–water partition coefficient (Wildman–Crippen LogP) is -2.94. The summed E-state index contributed by atoms with van der Waals surface area (Å²) in [5.74, 6) is -9.17. The van der Waals surface area contributed by atoms with Crippen molar-refractivity contribution in [2.45, 2.75) is 27.7 Å². The normalized spacial score (nSPS) is 9.05. The Morgan fingerprint density at radius 1 is 0.571 bits per heavy atom. The molecule has 9 heteroatoms. The number of aliphatic carboxylic acids is 2. The van der Waals surface area contributed by atoms with Gasteiger partial charge in [0.1, 0.15) is 35.0 Å². The quantitative estimate of drug-likeness (QED) is 0.368. The van der Waals surface area contributed by atoms with E-state index >= 15 is 0 Å². The van der Waals surface area contributed by atoms with Crippen LogP contribution >= 0.6 is 0 Å². The van der Waals surface area contributed by atoms with E-state index in [1.165, 1.54) is 0 Å². The van der Waals surface area contributed by atoms with Gasteiger partial charge in [0, 0.05) is 0 Å². The van der Waals surface area contributed by atoms with Gasteiger partial charge in [0.25, 0.3) is 0 Å². The van der Waals surface area contributed by atoms with E-state index in [0.717, 1.165) is 27.7 Å². The first-order chi connectivity index (χ1) is 8.93. The largest absolute Gasteiger partial charge is 2.00 e. The van der Waals surface area contributed by atoms with Gasteiger partial charge >= 0.3 is 17.1 Å². The van der Waals surface area contributed by atoms with Gasteiger partial charge in [-0.05, 0) is 27.7 Å². The van der Waals surface area contributed by atoms with E-state index in [1.807, 2.05) is 0 Å². The zero-order valence-electron chi connectivity index (χ0n) is 11.8. The molecule has 0 aromatic rings. The number of carbonyl (C=O) groups excluding carboxylic acids is 6. The minimum Gasteiger partial charge on any atom is -0.549 e. The molecule has 117 valence electrons. The van der Waals surface area contributed by atoms with Gasteiger partial charge in [0.15, 0.2) is 0 Å². The Bertz CT molecular complexity index is 346. The molecule has 1 radical (unpaired) electrons. The second-order valence-electron chi connectivity index (χ2n) is 3.95. The van der Waals surface area contributed by atoms with Crippen LogP contribution in [0.1, 0.15) is 27.7 Å². The van der Waals surface area contributed by atoms with Gasteiger partial charge in [-0.3, -0.25) is 19.2 Å². The van der Waals surface area contributed by atoms with Gasteiger partial charge in [-0.15, -0.1) is 0 Å². The molecule has 0 aromatic heterocycles. The number of carboxylic acid groups (broad SMARTS) is 2. The van der Waals surface area contributed by atoms with E-state index in [1.54, 1.807) is 0 Å². The number of carboxylic acids is 2. The third kappa shape index (κ3) is 9.64. The van der Waals surface area contributed by atoms with Crippen LogP contribution in [0.3, 0.4) is 0 Å². The summed E-state index contributed by atoms with van der Waals surface area (Å²) in [5.41, 5.74) is 0. The molecule has 8 nitrogen and oxygen atoms in total. The van der Waals surface area contributed by atoms with Crippen molar-refractivity contribution in [2.75, 3.05) is 0 Å². The summed E-state index contributed by atoms with van der Waals surface area (Å²) in [6, 6.07) is 0. The van der Waals surface area contributed by atoms with Gasteiger partial charge < -0.3 is 19.8 Å². The Balaban J connectivity index is -0.000000295. The standard InChI is InChI=1S/2C6H8O4.Mn/c2*1-3(7)5(4(2)8)6(9)10;/h2*5H,1-2H3,(H,9,10);/q;;+2/p-2. The topological polar surface area (TPSA) is 149 Å². The Morgan fingerprint density at radius 3 is 0.714 bits per heavy atom. The molecule has 0 aliphatic heterocycles. The van der Waals surface area contributed by atoms with Gasteiger partial charge in [-0.2, -0.15) is 0 Å². The molecule has 0 saturated carbocycles. The summed E-state index contributed by atoms with van der Waals surface area (Å²) in [7, 11) is 0. The first-order valence-electron chi connectivity index (χ1n) is 5.37. The molecule has 0 rings (SSSR count). The summed E-state index contributed by atoms with van der Waals surface area (Å²) >= 11 is 0. The Morgan fingerprint density at radius 2 is 0.714 bits per heavy atom. The average molecular weight is 341 g/mol. The van der Waals surface area contributed by atoms with Crippen LogP contribution in [0.4, 0.5) is 0 Å². The summed E-state index contributed by atoms with van der Waals surface area (Å²) in [5, 5.41) is 20.1. The Kier molecular flexibility index (Phi) is 12.5. The fourth-order valence-corrected chi connectivity index (χ4v) is 1.24. The van der Waals surface area contributed by atoms with E-state index in [2.05, 4.69) is 0 Å². The summed E-state index contributed by atoms with van der Waals surface area (Å²) in [4.78, 5) is 61.6. The predicted molar refractivity (Wildman–Crippen MR) is 59.7 cm³/mol. The van der Waals surface area contributed by atoms with Crippen molar-refractivity contribution in [3.8, 4) is 0 Å². The first kappa shape index (κ1) is 24.2. The van der Waals surface area contributed by atoms with Crippen LogP contribution in [0.25, 0.3) is 0 Å². The van der Waals surface area contributed by atoms with Crippen molar-refractivity contribution in [3.63, 3.8) is 0 Å². The van der Waals surface area contributed by atoms with E-state index in [-0.39, 0.29) is 17.1 Å². The molecule has 0 fully saturated rings. The van der Waals surface area contributed by atoms with Crippen LogP contribution in [-0.2, 0) is 45.8 Å². The van der Waals surface area contributed by atoms with Crippen molar-refractivity contribution in [1.29, 1.82) is 0 Å². The van der Waals surface area contributed by atoms with Crippen molar-refractivity contribution in [1.82, 2.24) is 0 Å². The van der Waals surface area contributed by atoms with Crippen LogP contribution in [0.5, 0.6) is 0 Å². The maximum absolute atomic E-state index is 10.4. The van der Waals surface area contributed by atoms with E-state index in [0.29, 0.717) is 0 Å². The second-order valence-corrected chi connectivity index (χ2v) is 3.95. The molecule has 0 atom stereocenters. The molecule has 0 unspecified atom stereocenters. The van der Waals surface area contributed by atoms with Crippen molar-refractivity contribution < 1.29 is 56.0 Å². The molecular weight excluding hydrogens is 327 g/mol. The van der Waals surface area contributed by atoms with Crippen LogP contribution in [0.2, 0.25) is 0 Å². The number of ketones is 4. The molecule has 21 heavy (non-hydrogen) atoms. The summed E-state index contributed by atoms with van der Waals surface area (Å²) < 4.78 is 0. The number of hydrogen-bond donors (Lipinski definition) is 0. The molecule has 0 aliphatic carbocycles. The maximum atomic E-state index is 10.4. The van der Waals surface area contributed by atoms with Crippen LogP contribution in [0.15, 0.2) is 0 Å². The summed E-state index contributed by atoms with van der Waals surface area (Å²) in [6.07, 6.45) is 0. The average Bonchev–Trinajstić information content (AvgIpc) is 2.12.